The quantitative estimate of drug-likeness (QED) is 0.354. The van der Waals surface area contributed by atoms with Crippen LogP contribution in [0.5, 0.6) is 0 Å². The van der Waals surface area contributed by atoms with Gasteiger partial charge in [0.1, 0.15) is 5.56 Å². The van der Waals surface area contributed by atoms with Crippen LogP contribution in [0.3, 0.4) is 0 Å². The molecule has 0 aliphatic carbocycles. The first-order chi connectivity index (χ1) is 16.7. The maximum atomic E-state index is 12.7. The molecule has 0 bridgehead atoms. The number of Topliss-reactive ketones (excluding diaryl/α,β-unsaturated/α-hetero) is 1. The molecule has 4 aromatic rings. The number of carboxylic acids is 1. The average Bonchev–Trinajstić information content (AvgIpc) is 2.85. The number of carbonyl (C=O) groups excluding carboxylic acids is 2. The number of carbonyl (C=O) groups is 3. The standard InChI is InChI=1S/C27H21ClN2O5/c1-15(30-26(33)19-5-3-17(4-6-19)18-7-9-20(28)10-8-18)24(31)13-16-2-11-23-21(12-16)25(32)22(14-29-23)27(34)35/h2-12,14-15H,13H2,1H3,(H,29,32)(H,30,33)(H,34,35)/t15-/m0/s1. The van der Waals surface area contributed by atoms with Gasteiger partial charge in [0.25, 0.3) is 5.91 Å². The minimum absolute atomic E-state index is 0.0242. The number of ketones is 1. The lowest BCUT2D eigenvalue weighted by Gasteiger charge is -2.14. The summed E-state index contributed by atoms with van der Waals surface area (Å²) >= 11 is 5.92. The highest BCUT2D eigenvalue weighted by Gasteiger charge is 2.18. The van der Waals surface area contributed by atoms with E-state index in [4.69, 9.17) is 16.7 Å². The number of hydrogen-bond donors (Lipinski definition) is 3. The Kier molecular flexibility index (Phi) is 6.80. The number of carboxylic acid groups (broad SMARTS) is 1. The minimum Gasteiger partial charge on any atom is -0.477 e. The van der Waals surface area contributed by atoms with Gasteiger partial charge in [-0.25, -0.2) is 4.79 Å². The molecule has 8 heteroatoms. The fourth-order valence-corrected chi connectivity index (χ4v) is 3.83. The molecule has 0 saturated carbocycles. The number of aromatic carboxylic acids is 1. The van der Waals surface area contributed by atoms with Crippen LogP contribution < -0.4 is 10.7 Å². The van der Waals surface area contributed by atoms with Crippen molar-refractivity contribution in [2.45, 2.75) is 19.4 Å². The van der Waals surface area contributed by atoms with Gasteiger partial charge in [0.15, 0.2) is 5.78 Å². The average molecular weight is 489 g/mol. The molecule has 0 saturated heterocycles. The first kappa shape index (κ1) is 23.9. The zero-order valence-electron chi connectivity index (χ0n) is 18.7. The second kappa shape index (κ2) is 9.95. The van der Waals surface area contributed by atoms with Crippen molar-refractivity contribution in [1.82, 2.24) is 10.3 Å². The zero-order valence-corrected chi connectivity index (χ0v) is 19.4. The summed E-state index contributed by atoms with van der Waals surface area (Å²) in [6.07, 6.45) is 1.13. The van der Waals surface area contributed by atoms with E-state index in [-0.39, 0.29) is 29.1 Å². The maximum Gasteiger partial charge on any atom is 0.341 e. The summed E-state index contributed by atoms with van der Waals surface area (Å²) in [6, 6.07) is 18.4. The molecule has 0 radical (unpaired) electrons. The molecule has 1 amide bonds. The molecule has 176 valence electrons. The third-order valence-electron chi connectivity index (χ3n) is 5.71. The van der Waals surface area contributed by atoms with Crippen LogP contribution in [0.15, 0.2) is 77.7 Å². The first-order valence-electron chi connectivity index (χ1n) is 10.8. The summed E-state index contributed by atoms with van der Waals surface area (Å²) in [5.41, 5.74) is 2.34. The van der Waals surface area contributed by atoms with Crippen LogP contribution in [0.1, 0.15) is 33.2 Å². The Hall–Kier alpha value is -4.23. The number of hydrogen-bond acceptors (Lipinski definition) is 4. The molecule has 0 spiro atoms. The highest BCUT2D eigenvalue weighted by atomic mass is 35.5. The van der Waals surface area contributed by atoms with Crippen molar-refractivity contribution in [2.75, 3.05) is 0 Å². The number of pyridine rings is 1. The molecule has 0 unspecified atom stereocenters. The Morgan fingerprint density at radius 3 is 2.23 bits per heavy atom. The molecule has 7 nitrogen and oxygen atoms in total. The molecule has 35 heavy (non-hydrogen) atoms. The molecule has 1 aromatic heterocycles. The van der Waals surface area contributed by atoms with Crippen LogP contribution in [0, 0.1) is 0 Å². The second-order valence-corrected chi connectivity index (χ2v) is 8.58. The number of benzene rings is 3. The number of amides is 1. The Morgan fingerprint density at radius 2 is 1.60 bits per heavy atom. The lowest BCUT2D eigenvalue weighted by Crippen LogP contribution is -2.39. The van der Waals surface area contributed by atoms with Crippen molar-refractivity contribution in [3.05, 3.63) is 105 Å². The van der Waals surface area contributed by atoms with Crippen molar-refractivity contribution < 1.29 is 19.5 Å². The number of halogens is 1. The van der Waals surface area contributed by atoms with Gasteiger partial charge >= 0.3 is 5.97 Å². The van der Waals surface area contributed by atoms with Gasteiger partial charge in [-0.3, -0.25) is 14.4 Å². The summed E-state index contributed by atoms with van der Waals surface area (Å²) in [4.78, 5) is 51.8. The van der Waals surface area contributed by atoms with E-state index in [9.17, 15) is 19.2 Å². The molecule has 3 N–H and O–H groups in total. The molecule has 0 fully saturated rings. The summed E-state index contributed by atoms with van der Waals surface area (Å²) in [7, 11) is 0. The summed E-state index contributed by atoms with van der Waals surface area (Å²) in [6.45, 7) is 1.60. The normalized spacial score (nSPS) is 11.7. The van der Waals surface area contributed by atoms with Crippen molar-refractivity contribution in [2.24, 2.45) is 0 Å². The van der Waals surface area contributed by atoms with Gasteiger partial charge < -0.3 is 15.4 Å². The Bertz CT molecular complexity index is 1490. The molecule has 0 aliphatic heterocycles. The molecular weight excluding hydrogens is 468 g/mol. The van der Waals surface area contributed by atoms with Crippen LogP contribution in [0.2, 0.25) is 5.02 Å². The van der Waals surface area contributed by atoms with E-state index in [0.29, 0.717) is 21.7 Å². The number of rotatable bonds is 7. The summed E-state index contributed by atoms with van der Waals surface area (Å²) < 4.78 is 0. The van der Waals surface area contributed by atoms with Gasteiger partial charge in [0.05, 0.1) is 6.04 Å². The number of H-pyrrole nitrogens is 1. The fourth-order valence-electron chi connectivity index (χ4n) is 3.71. The van der Waals surface area contributed by atoms with Gasteiger partial charge in [-0.1, -0.05) is 41.9 Å². The van der Waals surface area contributed by atoms with Crippen molar-refractivity contribution in [3.63, 3.8) is 0 Å². The highest BCUT2D eigenvalue weighted by Crippen LogP contribution is 2.22. The molecule has 3 aromatic carbocycles. The maximum absolute atomic E-state index is 12.7. The Labute approximate surface area is 205 Å². The van der Waals surface area contributed by atoms with E-state index >= 15 is 0 Å². The molecule has 1 heterocycles. The van der Waals surface area contributed by atoms with Crippen LogP contribution in [0.25, 0.3) is 22.0 Å². The lowest BCUT2D eigenvalue weighted by molar-refractivity contribution is -0.119. The first-order valence-corrected chi connectivity index (χ1v) is 11.2. The largest absolute Gasteiger partial charge is 0.477 e. The van der Waals surface area contributed by atoms with E-state index < -0.39 is 17.4 Å². The fraction of sp³-hybridized carbons (Fsp3) is 0.111. The molecule has 1 atom stereocenters. The van der Waals surface area contributed by atoms with E-state index in [1.165, 1.54) is 6.07 Å². The van der Waals surface area contributed by atoms with Crippen molar-refractivity contribution in [3.8, 4) is 11.1 Å². The molecule has 4 rings (SSSR count). The summed E-state index contributed by atoms with van der Waals surface area (Å²) in [5, 5.41) is 12.7. The third kappa shape index (κ3) is 5.31. The van der Waals surface area contributed by atoms with Crippen LogP contribution >= 0.6 is 11.6 Å². The number of aromatic nitrogens is 1. The predicted octanol–water partition coefficient (Wildman–Crippen LogP) is 4.48. The Morgan fingerprint density at radius 1 is 0.971 bits per heavy atom. The van der Waals surface area contributed by atoms with E-state index in [2.05, 4.69) is 10.3 Å². The SMILES string of the molecule is C[C@H](NC(=O)c1ccc(-c2ccc(Cl)cc2)cc1)C(=O)Cc1ccc2[nH]cc(C(=O)O)c(=O)c2c1. The molecular formula is C27H21ClN2O5. The van der Waals surface area contributed by atoms with Gasteiger partial charge in [-0.2, -0.15) is 0 Å². The lowest BCUT2D eigenvalue weighted by atomic mass is 10.0. The van der Waals surface area contributed by atoms with Gasteiger partial charge in [0.2, 0.25) is 5.43 Å². The topological polar surface area (TPSA) is 116 Å². The zero-order chi connectivity index (χ0) is 25.1. The van der Waals surface area contributed by atoms with Gasteiger partial charge in [-0.15, -0.1) is 0 Å². The van der Waals surface area contributed by atoms with E-state index in [0.717, 1.165) is 17.3 Å². The summed E-state index contributed by atoms with van der Waals surface area (Å²) in [5.74, 6) is -1.96. The van der Waals surface area contributed by atoms with Crippen LogP contribution in [0.4, 0.5) is 0 Å². The highest BCUT2D eigenvalue weighted by molar-refractivity contribution is 6.30. The third-order valence-corrected chi connectivity index (χ3v) is 5.96. The van der Waals surface area contributed by atoms with E-state index in [1.807, 2.05) is 24.3 Å². The van der Waals surface area contributed by atoms with Crippen molar-refractivity contribution in [1.29, 1.82) is 0 Å². The Balaban J connectivity index is 1.43. The molecule has 0 aliphatic rings. The number of nitrogens with one attached hydrogen (secondary N) is 2. The van der Waals surface area contributed by atoms with Crippen molar-refractivity contribution >= 4 is 40.2 Å². The monoisotopic (exact) mass is 488 g/mol. The van der Waals surface area contributed by atoms with Gasteiger partial charge in [0, 0.05) is 34.1 Å². The van der Waals surface area contributed by atoms with Crippen LogP contribution in [-0.4, -0.2) is 33.8 Å². The second-order valence-electron chi connectivity index (χ2n) is 8.14. The predicted molar refractivity (Wildman–Crippen MR) is 134 cm³/mol. The van der Waals surface area contributed by atoms with Crippen LogP contribution in [-0.2, 0) is 11.2 Å². The smallest absolute Gasteiger partial charge is 0.341 e. The van der Waals surface area contributed by atoms with E-state index in [1.54, 1.807) is 43.3 Å². The number of aromatic amines is 1. The minimum atomic E-state index is -1.33. The van der Waals surface area contributed by atoms with Gasteiger partial charge in [-0.05, 0) is 60.0 Å². The number of fused-ring (bicyclic) bond motifs is 1.